The summed E-state index contributed by atoms with van der Waals surface area (Å²) in [5.74, 6) is -3.53. The summed E-state index contributed by atoms with van der Waals surface area (Å²) < 4.78 is 27.3. The molecule has 0 amide bonds. The molecular formula is C11H13F2NO4. The maximum atomic E-state index is 13.7. The number of carboxylic acid groups (broad SMARTS) is 1. The molecule has 18 heavy (non-hydrogen) atoms. The van der Waals surface area contributed by atoms with Gasteiger partial charge >= 0.3 is 5.97 Å². The Morgan fingerprint density at radius 3 is 1.89 bits per heavy atom. The Morgan fingerprint density at radius 2 is 1.56 bits per heavy atom. The minimum absolute atomic E-state index is 0.0686. The zero-order valence-corrected chi connectivity index (χ0v) is 9.44. The van der Waals surface area contributed by atoms with Gasteiger partial charge in [0.05, 0.1) is 18.8 Å². The van der Waals surface area contributed by atoms with Crippen LogP contribution in [0.15, 0.2) is 12.1 Å². The van der Waals surface area contributed by atoms with Crippen LogP contribution in [0.3, 0.4) is 0 Å². The Balaban J connectivity index is 3.18. The molecule has 0 saturated carbocycles. The Morgan fingerprint density at radius 1 is 1.11 bits per heavy atom. The smallest absolute Gasteiger partial charge is 0.335 e. The molecule has 0 aliphatic heterocycles. The fraction of sp³-hybridized carbons (Fsp3) is 0.364. The second-order valence-electron chi connectivity index (χ2n) is 3.53. The molecule has 0 aliphatic rings. The van der Waals surface area contributed by atoms with Crippen molar-refractivity contribution in [3.05, 3.63) is 29.3 Å². The fourth-order valence-corrected chi connectivity index (χ4v) is 1.57. The lowest BCUT2D eigenvalue weighted by molar-refractivity contribution is 0.0695. The van der Waals surface area contributed by atoms with Crippen LogP contribution in [-0.4, -0.2) is 47.6 Å². The summed E-state index contributed by atoms with van der Waals surface area (Å²) in [5, 5.41) is 26.2. The summed E-state index contributed by atoms with van der Waals surface area (Å²) in [6.07, 6.45) is 0. The van der Waals surface area contributed by atoms with Crippen LogP contribution in [0, 0.1) is 11.6 Å². The third kappa shape index (κ3) is 3.14. The molecule has 5 nitrogen and oxygen atoms in total. The summed E-state index contributed by atoms with van der Waals surface area (Å²) >= 11 is 0. The first-order chi connectivity index (χ1) is 8.51. The molecule has 3 N–H and O–H groups in total. The molecule has 0 atom stereocenters. The summed E-state index contributed by atoms with van der Waals surface area (Å²) in [6.45, 7) is -0.833. The maximum absolute atomic E-state index is 13.7. The van der Waals surface area contributed by atoms with Gasteiger partial charge in [-0.05, 0) is 12.1 Å². The molecule has 100 valence electrons. The number of hydrogen-bond donors (Lipinski definition) is 3. The lowest BCUT2D eigenvalue weighted by Crippen LogP contribution is -2.31. The Bertz CT molecular complexity index is 410. The molecule has 1 aromatic carbocycles. The first-order valence-corrected chi connectivity index (χ1v) is 5.20. The number of carbonyl (C=O) groups is 1. The SMILES string of the molecule is O=C(O)c1cc(F)c(N(CCO)CCO)c(F)c1. The second kappa shape index (κ2) is 6.27. The molecule has 0 aromatic heterocycles. The molecule has 0 heterocycles. The van der Waals surface area contributed by atoms with E-state index in [1.54, 1.807) is 0 Å². The minimum Gasteiger partial charge on any atom is -0.478 e. The highest BCUT2D eigenvalue weighted by atomic mass is 19.1. The molecule has 1 aromatic rings. The molecule has 0 fully saturated rings. The van der Waals surface area contributed by atoms with Crippen molar-refractivity contribution in [2.45, 2.75) is 0 Å². The molecule has 0 unspecified atom stereocenters. The third-order valence-electron chi connectivity index (χ3n) is 2.32. The first-order valence-electron chi connectivity index (χ1n) is 5.20. The van der Waals surface area contributed by atoms with Crippen molar-refractivity contribution in [1.29, 1.82) is 0 Å². The first kappa shape index (κ1) is 14.3. The molecule has 0 aliphatic carbocycles. The van der Waals surface area contributed by atoms with Gasteiger partial charge < -0.3 is 20.2 Å². The summed E-state index contributed by atoms with van der Waals surface area (Å²) in [4.78, 5) is 11.7. The molecule has 0 spiro atoms. The average molecular weight is 261 g/mol. The van der Waals surface area contributed by atoms with Gasteiger partial charge in [0.2, 0.25) is 0 Å². The van der Waals surface area contributed by atoms with Crippen LogP contribution < -0.4 is 4.90 Å². The monoisotopic (exact) mass is 261 g/mol. The molecule has 7 heteroatoms. The number of benzene rings is 1. The van der Waals surface area contributed by atoms with Crippen LogP contribution in [0.4, 0.5) is 14.5 Å². The van der Waals surface area contributed by atoms with Crippen LogP contribution >= 0.6 is 0 Å². The third-order valence-corrected chi connectivity index (χ3v) is 2.32. The van der Waals surface area contributed by atoms with Crippen LogP contribution in [-0.2, 0) is 0 Å². The van der Waals surface area contributed by atoms with E-state index < -0.39 is 28.9 Å². The predicted molar refractivity (Wildman–Crippen MR) is 59.7 cm³/mol. The lowest BCUT2D eigenvalue weighted by Gasteiger charge is -2.24. The van der Waals surface area contributed by atoms with Gasteiger partial charge in [-0.25, -0.2) is 13.6 Å². The van der Waals surface area contributed by atoms with Crippen molar-refractivity contribution < 1.29 is 28.9 Å². The number of carboxylic acids is 1. The minimum atomic E-state index is -1.43. The van der Waals surface area contributed by atoms with E-state index in [9.17, 15) is 13.6 Å². The number of halogens is 2. The van der Waals surface area contributed by atoms with Crippen LogP contribution in [0.5, 0.6) is 0 Å². The van der Waals surface area contributed by atoms with Crippen LogP contribution in [0.25, 0.3) is 0 Å². The molecule has 0 radical (unpaired) electrons. The van der Waals surface area contributed by atoms with Gasteiger partial charge in [-0.1, -0.05) is 0 Å². The van der Waals surface area contributed by atoms with Gasteiger partial charge in [0, 0.05) is 13.1 Å². The van der Waals surface area contributed by atoms with E-state index in [1.807, 2.05) is 0 Å². The van der Waals surface area contributed by atoms with Gasteiger partial charge in [-0.15, -0.1) is 0 Å². The van der Waals surface area contributed by atoms with Gasteiger partial charge in [0.1, 0.15) is 17.3 Å². The van der Waals surface area contributed by atoms with E-state index in [2.05, 4.69) is 0 Å². The number of nitrogens with zero attached hydrogens (tertiary/aromatic N) is 1. The van der Waals surface area contributed by atoms with Crippen molar-refractivity contribution in [1.82, 2.24) is 0 Å². The number of rotatable bonds is 6. The molecular weight excluding hydrogens is 248 g/mol. The van der Waals surface area contributed by atoms with Gasteiger partial charge in [0.25, 0.3) is 0 Å². The topological polar surface area (TPSA) is 81.0 Å². The van der Waals surface area contributed by atoms with Crippen molar-refractivity contribution in [2.24, 2.45) is 0 Å². The number of aliphatic hydroxyl groups is 2. The molecule has 1 rings (SSSR count). The summed E-state index contributed by atoms with van der Waals surface area (Å²) in [5.41, 5.74) is -0.954. The Hall–Kier alpha value is -1.73. The van der Waals surface area contributed by atoms with Gasteiger partial charge in [-0.2, -0.15) is 0 Å². The predicted octanol–water partition coefficient (Wildman–Crippen LogP) is 0.454. The zero-order valence-electron chi connectivity index (χ0n) is 9.44. The summed E-state index contributed by atoms with van der Waals surface area (Å²) in [7, 11) is 0. The highest BCUT2D eigenvalue weighted by molar-refractivity contribution is 5.88. The lowest BCUT2D eigenvalue weighted by atomic mass is 10.1. The van der Waals surface area contributed by atoms with E-state index >= 15 is 0 Å². The highest BCUT2D eigenvalue weighted by Crippen LogP contribution is 2.24. The zero-order chi connectivity index (χ0) is 13.7. The molecule has 0 bridgehead atoms. The van der Waals surface area contributed by atoms with E-state index in [4.69, 9.17) is 15.3 Å². The second-order valence-corrected chi connectivity index (χ2v) is 3.53. The number of hydrogen-bond acceptors (Lipinski definition) is 4. The van der Waals surface area contributed by atoms with Crippen molar-refractivity contribution in [3.63, 3.8) is 0 Å². The quantitative estimate of drug-likeness (QED) is 0.693. The highest BCUT2D eigenvalue weighted by Gasteiger charge is 2.19. The number of aromatic carboxylic acids is 1. The largest absolute Gasteiger partial charge is 0.478 e. The van der Waals surface area contributed by atoms with E-state index in [-0.39, 0.29) is 26.3 Å². The van der Waals surface area contributed by atoms with Crippen LogP contribution in [0.2, 0.25) is 0 Å². The van der Waals surface area contributed by atoms with Crippen molar-refractivity contribution >= 4 is 11.7 Å². The fourth-order valence-electron chi connectivity index (χ4n) is 1.57. The maximum Gasteiger partial charge on any atom is 0.335 e. The number of anilines is 1. The van der Waals surface area contributed by atoms with Gasteiger partial charge in [0.15, 0.2) is 0 Å². The van der Waals surface area contributed by atoms with E-state index in [0.29, 0.717) is 12.1 Å². The normalized spacial score (nSPS) is 10.4. The molecule has 0 saturated heterocycles. The van der Waals surface area contributed by atoms with E-state index in [0.717, 1.165) is 4.90 Å². The summed E-state index contributed by atoms with van der Waals surface area (Å²) in [6, 6.07) is 1.39. The average Bonchev–Trinajstić information content (AvgIpc) is 2.28. The Kier molecular flexibility index (Phi) is 4.99. The van der Waals surface area contributed by atoms with E-state index in [1.165, 1.54) is 0 Å². The van der Waals surface area contributed by atoms with Crippen LogP contribution in [0.1, 0.15) is 10.4 Å². The number of aliphatic hydroxyl groups excluding tert-OH is 2. The standard InChI is InChI=1S/C11H13F2NO4/c12-8-5-7(11(17)18)6-9(13)10(8)14(1-3-15)2-4-16/h5-6,15-16H,1-4H2,(H,17,18). The Labute approximate surface area is 102 Å². The van der Waals surface area contributed by atoms with Gasteiger partial charge in [-0.3, -0.25) is 0 Å². The van der Waals surface area contributed by atoms with Crippen molar-refractivity contribution in [3.8, 4) is 0 Å². The van der Waals surface area contributed by atoms with Crippen molar-refractivity contribution in [2.75, 3.05) is 31.2 Å².